The van der Waals surface area contributed by atoms with Gasteiger partial charge in [0.15, 0.2) is 0 Å². The number of nitrogens with one attached hydrogen (secondary N) is 1. The molecule has 3 nitrogen and oxygen atoms in total. The van der Waals surface area contributed by atoms with Gasteiger partial charge >= 0.3 is 0 Å². The number of hydrogen-bond acceptors (Lipinski definition) is 2. The lowest BCUT2D eigenvalue weighted by atomic mass is 9.81. The van der Waals surface area contributed by atoms with Crippen LogP contribution in [0, 0.1) is 5.92 Å². The number of benzene rings is 1. The molecule has 19 heavy (non-hydrogen) atoms. The Kier molecular flexibility index (Phi) is 4.50. The summed E-state index contributed by atoms with van der Waals surface area (Å²) < 4.78 is 0. The van der Waals surface area contributed by atoms with E-state index in [1.165, 1.54) is 0 Å². The first-order chi connectivity index (χ1) is 9.22. The van der Waals surface area contributed by atoms with Crippen molar-refractivity contribution in [3.8, 4) is 0 Å². The van der Waals surface area contributed by atoms with Crippen molar-refractivity contribution in [2.75, 3.05) is 0 Å². The van der Waals surface area contributed by atoms with Crippen molar-refractivity contribution in [1.29, 1.82) is 0 Å². The molecule has 1 heterocycles. The van der Waals surface area contributed by atoms with E-state index >= 15 is 0 Å². The summed E-state index contributed by atoms with van der Waals surface area (Å²) in [6, 6.07) is 10.0. The van der Waals surface area contributed by atoms with E-state index in [2.05, 4.69) is 23.8 Å². The molecule has 0 aliphatic carbocycles. The maximum absolute atomic E-state index is 12.6. The summed E-state index contributed by atoms with van der Waals surface area (Å²) in [5.74, 6) is 1.27. The standard InChI is InChI=1S/C16H20N2O/c1-3-12(2)16(13-7-5-4-6-8-13)14(19)11-15-17-9-10-18-15/h4-10,12,16H,3,11H2,1-2H3,(H,17,18). The van der Waals surface area contributed by atoms with Gasteiger partial charge in [0.1, 0.15) is 11.6 Å². The topological polar surface area (TPSA) is 45.8 Å². The third-order valence-electron chi connectivity index (χ3n) is 3.62. The molecule has 0 radical (unpaired) electrons. The largest absolute Gasteiger partial charge is 0.348 e. The molecule has 1 aromatic heterocycles. The summed E-state index contributed by atoms with van der Waals surface area (Å²) in [4.78, 5) is 19.7. The van der Waals surface area contributed by atoms with E-state index in [-0.39, 0.29) is 11.7 Å². The fourth-order valence-electron chi connectivity index (χ4n) is 2.40. The summed E-state index contributed by atoms with van der Waals surface area (Å²) in [5.41, 5.74) is 1.11. The van der Waals surface area contributed by atoms with E-state index in [0.29, 0.717) is 12.3 Å². The van der Waals surface area contributed by atoms with E-state index in [1.807, 2.05) is 30.3 Å². The molecule has 3 heteroatoms. The predicted octanol–water partition coefficient (Wildman–Crippen LogP) is 3.35. The van der Waals surface area contributed by atoms with Crippen LogP contribution < -0.4 is 0 Å². The summed E-state index contributed by atoms with van der Waals surface area (Å²) in [6.07, 6.45) is 4.80. The Labute approximate surface area is 114 Å². The second kappa shape index (κ2) is 6.32. The summed E-state index contributed by atoms with van der Waals surface area (Å²) >= 11 is 0. The average molecular weight is 256 g/mol. The normalized spacial score (nSPS) is 14.0. The van der Waals surface area contributed by atoms with Gasteiger partial charge in [0, 0.05) is 18.3 Å². The van der Waals surface area contributed by atoms with E-state index < -0.39 is 0 Å². The highest BCUT2D eigenvalue weighted by atomic mass is 16.1. The number of aromatic amines is 1. The predicted molar refractivity (Wildman–Crippen MR) is 75.9 cm³/mol. The molecule has 2 unspecified atom stereocenters. The van der Waals surface area contributed by atoms with Crippen LogP contribution in [-0.4, -0.2) is 15.8 Å². The van der Waals surface area contributed by atoms with Gasteiger partial charge in [-0.15, -0.1) is 0 Å². The Balaban J connectivity index is 2.20. The van der Waals surface area contributed by atoms with E-state index in [4.69, 9.17) is 0 Å². The van der Waals surface area contributed by atoms with Gasteiger partial charge in [-0.3, -0.25) is 4.79 Å². The molecule has 0 saturated carbocycles. The molecule has 0 amide bonds. The molecule has 100 valence electrons. The van der Waals surface area contributed by atoms with Crippen molar-refractivity contribution >= 4 is 5.78 Å². The summed E-state index contributed by atoms with van der Waals surface area (Å²) in [5, 5.41) is 0. The minimum absolute atomic E-state index is 0.0451. The highest BCUT2D eigenvalue weighted by Gasteiger charge is 2.25. The first kappa shape index (κ1) is 13.5. The lowest BCUT2D eigenvalue weighted by Gasteiger charge is -2.22. The molecule has 2 aromatic rings. The third-order valence-corrected chi connectivity index (χ3v) is 3.62. The number of nitrogens with zero attached hydrogens (tertiary/aromatic N) is 1. The van der Waals surface area contributed by atoms with Crippen molar-refractivity contribution < 1.29 is 4.79 Å². The van der Waals surface area contributed by atoms with E-state index in [1.54, 1.807) is 12.4 Å². The minimum atomic E-state index is -0.0451. The van der Waals surface area contributed by atoms with Gasteiger partial charge in [0.25, 0.3) is 0 Å². The molecular weight excluding hydrogens is 236 g/mol. The number of Topliss-reactive ketones (excluding diaryl/α,β-unsaturated/α-hetero) is 1. The SMILES string of the molecule is CCC(C)C(C(=O)Cc1ncc[nH]1)c1ccccc1. The average Bonchev–Trinajstić information content (AvgIpc) is 2.93. The Morgan fingerprint density at radius 3 is 2.63 bits per heavy atom. The number of hydrogen-bond donors (Lipinski definition) is 1. The fourth-order valence-corrected chi connectivity index (χ4v) is 2.40. The van der Waals surface area contributed by atoms with E-state index in [9.17, 15) is 4.79 Å². The van der Waals surface area contributed by atoms with Crippen LogP contribution in [0.5, 0.6) is 0 Å². The lowest BCUT2D eigenvalue weighted by molar-refractivity contribution is -0.121. The monoisotopic (exact) mass is 256 g/mol. The fraction of sp³-hybridized carbons (Fsp3) is 0.375. The molecule has 0 fully saturated rings. The number of ketones is 1. The number of carbonyl (C=O) groups excluding carboxylic acids is 1. The van der Waals surface area contributed by atoms with Gasteiger partial charge in [-0.05, 0) is 11.5 Å². The zero-order valence-corrected chi connectivity index (χ0v) is 11.5. The van der Waals surface area contributed by atoms with Gasteiger partial charge in [0.2, 0.25) is 0 Å². The lowest BCUT2D eigenvalue weighted by Crippen LogP contribution is -2.22. The quantitative estimate of drug-likeness (QED) is 0.861. The van der Waals surface area contributed by atoms with Crippen LogP contribution in [0.2, 0.25) is 0 Å². The Bertz CT molecular complexity index is 505. The first-order valence-corrected chi connectivity index (χ1v) is 6.78. The van der Waals surface area contributed by atoms with Crippen molar-refractivity contribution in [1.82, 2.24) is 9.97 Å². The van der Waals surface area contributed by atoms with Crippen LogP contribution in [0.25, 0.3) is 0 Å². The van der Waals surface area contributed by atoms with Gasteiger partial charge in [0.05, 0.1) is 6.42 Å². The van der Waals surface area contributed by atoms with E-state index in [0.717, 1.165) is 17.8 Å². The van der Waals surface area contributed by atoms with Crippen LogP contribution in [0.1, 0.15) is 37.6 Å². The first-order valence-electron chi connectivity index (χ1n) is 6.78. The van der Waals surface area contributed by atoms with Crippen LogP contribution in [0.15, 0.2) is 42.7 Å². The smallest absolute Gasteiger partial charge is 0.148 e. The van der Waals surface area contributed by atoms with Crippen molar-refractivity contribution in [3.63, 3.8) is 0 Å². The van der Waals surface area contributed by atoms with Crippen molar-refractivity contribution in [2.24, 2.45) is 5.92 Å². The number of aromatic nitrogens is 2. The maximum atomic E-state index is 12.6. The number of rotatable bonds is 6. The molecule has 0 bridgehead atoms. The summed E-state index contributed by atoms with van der Waals surface area (Å²) in [7, 11) is 0. The van der Waals surface area contributed by atoms with Crippen LogP contribution >= 0.6 is 0 Å². The molecule has 1 aromatic carbocycles. The van der Waals surface area contributed by atoms with Gasteiger partial charge in [-0.1, -0.05) is 50.6 Å². The highest BCUT2D eigenvalue weighted by molar-refractivity contribution is 5.87. The molecule has 0 aliphatic rings. The second-order valence-electron chi connectivity index (χ2n) is 4.95. The third kappa shape index (κ3) is 3.31. The Hall–Kier alpha value is -1.90. The van der Waals surface area contributed by atoms with Crippen LogP contribution in [0.3, 0.4) is 0 Å². The van der Waals surface area contributed by atoms with Crippen LogP contribution in [0.4, 0.5) is 0 Å². The molecule has 0 spiro atoms. The van der Waals surface area contributed by atoms with Crippen molar-refractivity contribution in [3.05, 3.63) is 54.1 Å². The Morgan fingerprint density at radius 2 is 2.05 bits per heavy atom. The molecule has 2 atom stereocenters. The van der Waals surface area contributed by atoms with Gasteiger partial charge in [-0.25, -0.2) is 4.98 Å². The maximum Gasteiger partial charge on any atom is 0.148 e. The van der Waals surface area contributed by atoms with Gasteiger partial charge < -0.3 is 4.98 Å². The van der Waals surface area contributed by atoms with Crippen LogP contribution in [-0.2, 0) is 11.2 Å². The number of imidazole rings is 1. The number of H-pyrrole nitrogens is 1. The second-order valence-corrected chi connectivity index (χ2v) is 4.95. The molecular formula is C16H20N2O. The molecule has 1 N–H and O–H groups in total. The van der Waals surface area contributed by atoms with Crippen molar-refractivity contribution in [2.45, 2.75) is 32.6 Å². The zero-order valence-electron chi connectivity index (χ0n) is 11.5. The van der Waals surface area contributed by atoms with Gasteiger partial charge in [-0.2, -0.15) is 0 Å². The highest BCUT2D eigenvalue weighted by Crippen LogP contribution is 2.28. The number of carbonyl (C=O) groups is 1. The Morgan fingerprint density at radius 1 is 1.32 bits per heavy atom. The molecule has 0 aliphatic heterocycles. The minimum Gasteiger partial charge on any atom is -0.348 e. The zero-order chi connectivity index (χ0) is 13.7. The summed E-state index contributed by atoms with van der Waals surface area (Å²) in [6.45, 7) is 4.26. The molecule has 0 saturated heterocycles. The molecule has 2 rings (SSSR count).